The Hall–Kier alpha value is -2.86. The van der Waals surface area contributed by atoms with Gasteiger partial charge in [0.05, 0.1) is 12.2 Å². The minimum absolute atomic E-state index is 0.199. The number of fused-ring (bicyclic) bond motifs is 3. The molecule has 1 saturated heterocycles. The highest BCUT2D eigenvalue weighted by Gasteiger charge is 2.32. The third-order valence-electron chi connectivity index (χ3n) is 5.50. The topological polar surface area (TPSA) is 68.3 Å². The fourth-order valence-electron chi connectivity index (χ4n) is 4.26. The molecule has 1 unspecified atom stereocenters. The predicted molar refractivity (Wildman–Crippen MR) is 99.1 cm³/mol. The third kappa shape index (κ3) is 2.37. The number of aromatic amines is 1. The number of benzene rings is 1. The number of nitrogens with one attached hydrogen (secondary N) is 2. The molecule has 2 atom stereocenters. The zero-order valence-electron chi connectivity index (χ0n) is 14.7. The summed E-state index contributed by atoms with van der Waals surface area (Å²) in [6.07, 6.45) is 4.44. The van der Waals surface area contributed by atoms with Crippen LogP contribution in [0.2, 0.25) is 0 Å². The molecule has 1 aliphatic heterocycles. The normalized spacial score (nSPS) is 20.3. The van der Waals surface area contributed by atoms with Crippen LogP contribution >= 0.6 is 0 Å². The molecule has 2 N–H and O–H groups in total. The van der Waals surface area contributed by atoms with E-state index in [0.29, 0.717) is 29.3 Å². The molecule has 3 aromatic heterocycles. The van der Waals surface area contributed by atoms with Crippen LogP contribution < -0.4 is 10.5 Å². The summed E-state index contributed by atoms with van der Waals surface area (Å²) in [6.45, 7) is 1.80. The molecule has 0 saturated carbocycles. The van der Waals surface area contributed by atoms with Crippen LogP contribution in [0.25, 0.3) is 22.1 Å². The van der Waals surface area contributed by atoms with Crippen molar-refractivity contribution in [3.05, 3.63) is 64.5 Å². The smallest absolute Gasteiger partial charge is 0.294 e. The number of aryl methyl sites for hydroxylation is 1. The first kappa shape index (κ1) is 15.4. The summed E-state index contributed by atoms with van der Waals surface area (Å²) in [6, 6.07) is 12.4. The van der Waals surface area contributed by atoms with Crippen molar-refractivity contribution in [1.29, 1.82) is 0 Å². The van der Waals surface area contributed by atoms with Gasteiger partial charge in [0.25, 0.3) is 5.56 Å². The Morgan fingerprint density at radius 1 is 1.31 bits per heavy atom. The number of rotatable bonds is 3. The lowest BCUT2D eigenvalue weighted by atomic mass is 10.1. The maximum absolute atomic E-state index is 12.5. The van der Waals surface area contributed by atoms with Crippen LogP contribution in [0.5, 0.6) is 0 Å². The van der Waals surface area contributed by atoms with Crippen molar-refractivity contribution in [2.75, 3.05) is 6.54 Å². The van der Waals surface area contributed by atoms with E-state index in [1.807, 2.05) is 24.3 Å². The van der Waals surface area contributed by atoms with E-state index in [2.05, 4.69) is 34.9 Å². The van der Waals surface area contributed by atoms with Crippen LogP contribution in [0.15, 0.2) is 51.8 Å². The lowest BCUT2D eigenvalue weighted by Crippen LogP contribution is -3.09. The highest BCUT2D eigenvalue weighted by Crippen LogP contribution is 2.24. The Labute approximate surface area is 150 Å². The van der Waals surface area contributed by atoms with Gasteiger partial charge < -0.3 is 18.9 Å². The molecule has 5 rings (SSSR count). The number of nitrogens with zero attached hydrogens (tertiary/aromatic N) is 2. The number of para-hydroxylation sites is 1. The molecular formula is C20H21N4O2+. The summed E-state index contributed by atoms with van der Waals surface area (Å²) in [5, 5.41) is 0.894. The Balaban J connectivity index is 1.54. The molecule has 26 heavy (non-hydrogen) atoms. The molecule has 0 spiro atoms. The van der Waals surface area contributed by atoms with Crippen LogP contribution in [0.1, 0.15) is 30.4 Å². The maximum atomic E-state index is 12.5. The molecule has 1 aromatic carbocycles. The molecule has 1 fully saturated rings. The SMILES string of the molecule is Cn1cccc1[C@H]1CCC[NH+]1Cc1nc2c(oc3ccccc32)c(=O)[nH]1. The molecule has 4 aromatic rings. The standard InChI is InChI=1S/C20H20N4O2/c1-23-10-4-7-14(23)15-8-5-11-24(15)12-17-21-18-13-6-2-3-9-16(13)26-19(18)20(25)22-17/h2-4,6-7,9-10,15H,5,8,11-12H2,1H3,(H,21,22,25)/p+1/t15-/m1/s1. The van der Waals surface area contributed by atoms with Crippen molar-refractivity contribution in [2.45, 2.75) is 25.4 Å². The quantitative estimate of drug-likeness (QED) is 0.594. The van der Waals surface area contributed by atoms with E-state index in [-0.39, 0.29) is 5.56 Å². The first-order valence-corrected chi connectivity index (χ1v) is 9.07. The Morgan fingerprint density at radius 2 is 2.19 bits per heavy atom. The largest absolute Gasteiger partial charge is 0.449 e. The molecule has 0 aliphatic carbocycles. The van der Waals surface area contributed by atoms with E-state index >= 15 is 0 Å². The number of H-pyrrole nitrogens is 1. The average Bonchev–Trinajstić information content (AvgIpc) is 3.34. The van der Waals surface area contributed by atoms with Crippen molar-refractivity contribution < 1.29 is 9.32 Å². The maximum Gasteiger partial charge on any atom is 0.294 e. The monoisotopic (exact) mass is 349 g/mol. The van der Waals surface area contributed by atoms with Crippen LogP contribution in [0.3, 0.4) is 0 Å². The second kappa shape index (κ2) is 5.85. The summed E-state index contributed by atoms with van der Waals surface area (Å²) in [5.41, 5.74) is 2.82. The van der Waals surface area contributed by atoms with Gasteiger partial charge in [-0.05, 0) is 24.3 Å². The number of quaternary nitrogens is 1. The summed E-state index contributed by atoms with van der Waals surface area (Å²) in [5.74, 6) is 0.727. The molecule has 6 heteroatoms. The average molecular weight is 349 g/mol. The van der Waals surface area contributed by atoms with Gasteiger partial charge in [0.2, 0.25) is 5.58 Å². The van der Waals surface area contributed by atoms with E-state index in [4.69, 9.17) is 9.40 Å². The van der Waals surface area contributed by atoms with Gasteiger partial charge >= 0.3 is 0 Å². The van der Waals surface area contributed by atoms with Crippen molar-refractivity contribution in [3.63, 3.8) is 0 Å². The zero-order chi connectivity index (χ0) is 17.7. The zero-order valence-corrected chi connectivity index (χ0v) is 14.7. The first-order chi connectivity index (χ1) is 12.7. The molecule has 6 nitrogen and oxygen atoms in total. The van der Waals surface area contributed by atoms with Gasteiger partial charge in [-0.1, -0.05) is 12.1 Å². The van der Waals surface area contributed by atoms with Crippen molar-refractivity contribution in [3.8, 4) is 0 Å². The number of furan rings is 1. The lowest BCUT2D eigenvalue weighted by Gasteiger charge is -2.21. The van der Waals surface area contributed by atoms with E-state index in [9.17, 15) is 4.79 Å². The third-order valence-corrected chi connectivity index (χ3v) is 5.50. The number of aromatic nitrogens is 3. The van der Waals surface area contributed by atoms with Gasteiger partial charge in [-0.3, -0.25) is 4.79 Å². The summed E-state index contributed by atoms with van der Waals surface area (Å²) in [4.78, 5) is 21.6. The van der Waals surface area contributed by atoms with Gasteiger partial charge in [-0.15, -0.1) is 0 Å². The van der Waals surface area contributed by atoms with Gasteiger partial charge in [0.15, 0.2) is 5.82 Å². The van der Waals surface area contributed by atoms with Crippen molar-refractivity contribution in [2.24, 2.45) is 7.05 Å². The molecule has 4 heterocycles. The predicted octanol–water partition coefficient (Wildman–Crippen LogP) is 1.93. The molecule has 0 radical (unpaired) electrons. The summed E-state index contributed by atoms with van der Waals surface area (Å²) >= 11 is 0. The summed E-state index contributed by atoms with van der Waals surface area (Å²) < 4.78 is 7.88. The van der Waals surface area contributed by atoms with Crippen LogP contribution in [-0.2, 0) is 13.6 Å². The van der Waals surface area contributed by atoms with Gasteiger partial charge in [0.1, 0.15) is 23.7 Å². The van der Waals surface area contributed by atoms with E-state index in [1.165, 1.54) is 17.0 Å². The van der Waals surface area contributed by atoms with Crippen molar-refractivity contribution >= 4 is 22.1 Å². The minimum Gasteiger partial charge on any atom is -0.449 e. The summed E-state index contributed by atoms with van der Waals surface area (Å²) in [7, 11) is 2.09. The van der Waals surface area contributed by atoms with Crippen LogP contribution in [0, 0.1) is 0 Å². The van der Waals surface area contributed by atoms with Crippen LogP contribution in [0.4, 0.5) is 0 Å². The van der Waals surface area contributed by atoms with E-state index in [0.717, 1.165) is 24.2 Å². The highest BCUT2D eigenvalue weighted by molar-refractivity contribution is 6.01. The second-order valence-electron chi connectivity index (χ2n) is 7.11. The molecule has 132 valence electrons. The van der Waals surface area contributed by atoms with Crippen molar-refractivity contribution in [1.82, 2.24) is 14.5 Å². The van der Waals surface area contributed by atoms with Gasteiger partial charge in [-0.25, -0.2) is 4.98 Å². The number of hydrogen-bond donors (Lipinski definition) is 2. The molecule has 0 amide bonds. The Kier molecular flexibility index (Phi) is 3.46. The molecular weight excluding hydrogens is 328 g/mol. The molecule has 1 aliphatic rings. The number of likely N-dealkylation sites (tertiary alicyclic amines) is 1. The minimum atomic E-state index is -0.199. The lowest BCUT2D eigenvalue weighted by molar-refractivity contribution is -0.933. The fraction of sp³-hybridized carbons (Fsp3) is 0.300. The molecule has 0 bridgehead atoms. The van der Waals surface area contributed by atoms with E-state index < -0.39 is 0 Å². The van der Waals surface area contributed by atoms with Gasteiger partial charge in [-0.2, -0.15) is 0 Å². The highest BCUT2D eigenvalue weighted by atomic mass is 16.3. The second-order valence-corrected chi connectivity index (χ2v) is 7.11. The van der Waals surface area contributed by atoms with Crippen LogP contribution in [-0.4, -0.2) is 21.1 Å². The number of hydrogen-bond acceptors (Lipinski definition) is 3. The Bertz CT molecular complexity index is 1150. The van der Waals surface area contributed by atoms with Gasteiger partial charge in [0, 0.05) is 31.5 Å². The Morgan fingerprint density at radius 3 is 3.04 bits per heavy atom. The first-order valence-electron chi connectivity index (χ1n) is 9.07. The fourth-order valence-corrected chi connectivity index (χ4v) is 4.26. The van der Waals surface area contributed by atoms with E-state index in [1.54, 1.807) is 0 Å².